The Morgan fingerprint density at radius 2 is 1.94 bits per heavy atom. The molecule has 2 heterocycles. The van der Waals surface area contributed by atoms with E-state index in [9.17, 15) is 10.1 Å². The Balaban J connectivity index is 1.38. The first-order valence-corrected chi connectivity index (χ1v) is 11.2. The number of benzene rings is 2. The maximum atomic E-state index is 11.7. The van der Waals surface area contributed by atoms with Crippen LogP contribution in [0.5, 0.6) is 11.5 Å². The number of nitro groups is 1. The maximum absolute atomic E-state index is 11.7. The highest BCUT2D eigenvalue weighted by atomic mass is 35.5. The van der Waals surface area contributed by atoms with Gasteiger partial charge in [0.2, 0.25) is 0 Å². The van der Waals surface area contributed by atoms with Crippen LogP contribution < -0.4 is 20.5 Å². The molecule has 0 amide bonds. The standard InChI is InChI=1S/C24H21ClN6O4/c25-18-9-15(4-5-21(18)34-12-16-3-1-2-8-27-16)30-23-17-10-20(31(32)33)22(11-19(17)28-14-29-23)35-13-24(26)6-7-24/h1-5,8-11,14H,6-7,12-13,26H2,(H,28,29,30). The lowest BCUT2D eigenvalue weighted by molar-refractivity contribution is -0.385. The summed E-state index contributed by atoms with van der Waals surface area (Å²) in [6.07, 6.45) is 4.73. The molecule has 11 heteroatoms. The van der Waals surface area contributed by atoms with Gasteiger partial charge in [-0.25, -0.2) is 9.97 Å². The van der Waals surface area contributed by atoms with E-state index in [-0.39, 0.29) is 24.7 Å². The molecule has 1 aliphatic carbocycles. The van der Waals surface area contributed by atoms with Crippen LogP contribution in [0.2, 0.25) is 5.02 Å². The van der Waals surface area contributed by atoms with Crippen molar-refractivity contribution in [2.45, 2.75) is 25.0 Å². The third kappa shape index (κ3) is 5.23. The normalized spacial score (nSPS) is 13.9. The van der Waals surface area contributed by atoms with Crippen molar-refractivity contribution in [2.24, 2.45) is 5.73 Å². The summed E-state index contributed by atoms with van der Waals surface area (Å²) in [6.45, 7) is 0.492. The van der Waals surface area contributed by atoms with Crippen LogP contribution in [0.3, 0.4) is 0 Å². The van der Waals surface area contributed by atoms with Gasteiger partial charge < -0.3 is 20.5 Å². The van der Waals surface area contributed by atoms with Crippen LogP contribution in [0.25, 0.3) is 10.9 Å². The second-order valence-electron chi connectivity index (χ2n) is 8.35. The number of aromatic nitrogens is 3. The van der Waals surface area contributed by atoms with Crippen LogP contribution >= 0.6 is 11.6 Å². The lowest BCUT2D eigenvalue weighted by Crippen LogP contribution is -2.29. The number of nitrogens with zero attached hydrogens (tertiary/aromatic N) is 4. The number of rotatable bonds is 9. The number of hydrogen-bond donors (Lipinski definition) is 2. The zero-order valence-corrected chi connectivity index (χ0v) is 19.2. The molecule has 0 radical (unpaired) electrons. The zero-order chi connectivity index (χ0) is 24.4. The molecule has 0 saturated heterocycles. The third-order valence-electron chi connectivity index (χ3n) is 5.62. The largest absolute Gasteiger partial charge is 0.486 e. The fraction of sp³-hybridized carbons (Fsp3) is 0.208. The Morgan fingerprint density at radius 3 is 2.66 bits per heavy atom. The first-order chi connectivity index (χ1) is 16.9. The van der Waals surface area contributed by atoms with Gasteiger partial charge in [-0.2, -0.15) is 0 Å². The summed E-state index contributed by atoms with van der Waals surface area (Å²) >= 11 is 6.41. The summed E-state index contributed by atoms with van der Waals surface area (Å²) in [5.41, 5.74) is 7.37. The predicted molar refractivity (Wildman–Crippen MR) is 131 cm³/mol. The van der Waals surface area contributed by atoms with Crippen LogP contribution in [-0.2, 0) is 6.61 Å². The number of nitro benzene ring substituents is 1. The Morgan fingerprint density at radius 1 is 1.09 bits per heavy atom. The molecule has 4 aromatic rings. The van der Waals surface area contributed by atoms with E-state index in [0.717, 1.165) is 18.5 Å². The van der Waals surface area contributed by atoms with Gasteiger partial charge in [-0.05, 0) is 43.2 Å². The first-order valence-electron chi connectivity index (χ1n) is 10.8. The molecule has 5 rings (SSSR count). The van der Waals surface area contributed by atoms with Gasteiger partial charge in [0, 0.05) is 24.0 Å². The summed E-state index contributed by atoms with van der Waals surface area (Å²) in [7, 11) is 0. The van der Waals surface area contributed by atoms with Crippen molar-refractivity contribution in [1.29, 1.82) is 0 Å². The minimum atomic E-state index is -0.494. The first kappa shape index (κ1) is 22.8. The fourth-order valence-corrected chi connectivity index (χ4v) is 3.66. The van der Waals surface area contributed by atoms with Gasteiger partial charge in [0.15, 0.2) is 5.75 Å². The van der Waals surface area contributed by atoms with Crippen LogP contribution in [0, 0.1) is 10.1 Å². The molecule has 178 valence electrons. The SMILES string of the molecule is NC1(COc2cc3ncnc(Nc4ccc(OCc5ccccn5)c(Cl)c4)c3cc2[N+](=O)[O-])CC1. The van der Waals surface area contributed by atoms with Crippen LogP contribution in [0.4, 0.5) is 17.2 Å². The van der Waals surface area contributed by atoms with Gasteiger partial charge in [0.1, 0.15) is 31.1 Å². The molecule has 1 aliphatic rings. The van der Waals surface area contributed by atoms with Crippen molar-refractivity contribution in [2.75, 3.05) is 11.9 Å². The number of nitrogens with two attached hydrogens (primary N) is 1. The second kappa shape index (κ2) is 9.32. The number of anilines is 2. The van der Waals surface area contributed by atoms with Gasteiger partial charge in [0.05, 0.1) is 32.1 Å². The highest BCUT2D eigenvalue weighted by molar-refractivity contribution is 6.32. The van der Waals surface area contributed by atoms with Crippen molar-refractivity contribution in [3.8, 4) is 11.5 Å². The molecule has 10 nitrogen and oxygen atoms in total. The summed E-state index contributed by atoms with van der Waals surface area (Å²) in [5, 5.41) is 15.7. The molecule has 1 fully saturated rings. The molecule has 0 spiro atoms. The van der Waals surface area contributed by atoms with Crippen LogP contribution in [-0.4, -0.2) is 32.0 Å². The van der Waals surface area contributed by atoms with E-state index < -0.39 is 10.5 Å². The smallest absolute Gasteiger partial charge is 0.311 e. The quantitative estimate of drug-likeness (QED) is 0.249. The number of ether oxygens (including phenoxy) is 2. The summed E-state index contributed by atoms with van der Waals surface area (Å²) < 4.78 is 11.5. The minimum absolute atomic E-state index is 0.126. The third-order valence-corrected chi connectivity index (χ3v) is 5.91. The zero-order valence-electron chi connectivity index (χ0n) is 18.5. The average molecular weight is 493 g/mol. The maximum Gasteiger partial charge on any atom is 0.311 e. The van der Waals surface area contributed by atoms with Crippen molar-refractivity contribution in [1.82, 2.24) is 15.0 Å². The Labute approximate surface area is 205 Å². The molecule has 3 N–H and O–H groups in total. The number of nitrogens with one attached hydrogen (secondary N) is 1. The van der Waals surface area contributed by atoms with Crippen molar-refractivity contribution in [3.05, 3.63) is 81.9 Å². The number of halogens is 1. The Kier molecular flexibility index (Phi) is 6.06. The number of hydrogen-bond acceptors (Lipinski definition) is 9. The van der Waals surface area contributed by atoms with E-state index in [1.165, 1.54) is 18.5 Å². The van der Waals surface area contributed by atoms with E-state index in [2.05, 4.69) is 20.3 Å². The lowest BCUT2D eigenvalue weighted by atomic mass is 10.2. The highest BCUT2D eigenvalue weighted by Crippen LogP contribution is 2.38. The van der Waals surface area contributed by atoms with E-state index in [0.29, 0.717) is 33.2 Å². The van der Waals surface area contributed by atoms with Crippen molar-refractivity contribution in [3.63, 3.8) is 0 Å². The predicted octanol–water partition coefficient (Wildman–Crippen LogP) is 4.78. The molecule has 1 saturated carbocycles. The molecule has 2 aromatic carbocycles. The summed E-state index contributed by atoms with van der Waals surface area (Å²) in [4.78, 5) is 24.0. The van der Waals surface area contributed by atoms with E-state index in [4.69, 9.17) is 26.8 Å². The number of pyridine rings is 1. The van der Waals surface area contributed by atoms with Gasteiger partial charge in [-0.1, -0.05) is 17.7 Å². The average Bonchev–Trinajstić information content (AvgIpc) is 3.60. The molecule has 35 heavy (non-hydrogen) atoms. The molecule has 0 bridgehead atoms. The van der Waals surface area contributed by atoms with E-state index in [1.807, 2.05) is 18.2 Å². The van der Waals surface area contributed by atoms with Crippen LogP contribution in [0.1, 0.15) is 18.5 Å². The monoisotopic (exact) mass is 492 g/mol. The second-order valence-corrected chi connectivity index (χ2v) is 8.75. The Bertz CT molecular complexity index is 1400. The van der Waals surface area contributed by atoms with Crippen LogP contribution in [0.15, 0.2) is 61.1 Å². The molecule has 0 atom stereocenters. The van der Waals surface area contributed by atoms with Crippen molar-refractivity contribution >= 4 is 39.7 Å². The number of fused-ring (bicyclic) bond motifs is 1. The van der Waals surface area contributed by atoms with Gasteiger partial charge >= 0.3 is 5.69 Å². The molecule has 2 aromatic heterocycles. The topological polar surface area (TPSA) is 138 Å². The summed E-state index contributed by atoms with van der Waals surface area (Å²) in [5.74, 6) is 1.02. The van der Waals surface area contributed by atoms with E-state index >= 15 is 0 Å². The molecule has 0 unspecified atom stereocenters. The fourth-order valence-electron chi connectivity index (χ4n) is 3.42. The Hall–Kier alpha value is -4.02. The van der Waals surface area contributed by atoms with Gasteiger partial charge in [-0.15, -0.1) is 0 Å². The molecular formula is C24H21ClN6O4. The van der Waals surface area contributed by atoms with Gasteiger partial charge in [-0.3, -0.25) is 15.1 Å². The van der Waals surface area contributed by atoms with Crippen molar-refractivity contribution < 1.29 is 14.4 Å². The van der Waals surface area contributed by atoms with E-state index in [1.54, 1.807) is 24.4 Å². The minimum Gasteiger partial charge on any atom is -0.486 e. The molecule has 0 aliphatic heterocycles. The molecular weight excluding hydrogens is 472 g/mol. The highest BCUT2D eigenvalue weighted by Gasteiger charge is 2.39. The van der Waals surface area contributed by atoms with Gasteiger partial charge in [0.25, 0.3) is 0 Å². The summed E-state index contributed by atoms with van der Waals surface area (Å²) in [6, 6.07) is 13.7. The lowest BCUT2D eigenvalue weighted by Gasteiger charge is -2.14.